The Morgan fingerprint density at radius 1 is 0.658 bits per heavy atom. The zero-order valence-electron chi connectivity index (χ0n) is 21.6. The lowest BCUT2D eigenvalue weighted by atomic mass is 10.2. The van der Waals surface area contributed by atoms with Crippen LogP contribution in [0, 0.1) is 6.92 Å². The number of ether oxygens (including phenoxy) is 3. The van der Waals surface area contributed by atoms with E-state index in [1.54, 1.807) is 45.6 Å². The van der Waals surface area contributed by atoms with Crippen molar-refractivity contribution in [2.45, 2.75) is 17.6 Å². The van der Waals surface area contributed by atoms with Crippen LogP contribution in [0.25, 0.3) is 0 Å². The van der Waals surface area contributed by atoms with Gasteiger partial charge in [0, 0.05) is 6.04 Å². The summed E-state index contributed by atoms with van der Waals surface area (Å²) < 4.78 is 46.6. The molecule has 0 spiro atoms. The number of methoxy groups -OCH3 is 3. The smallest absolute Gasteiger partial charge is 0.241 e. The molecule has 198 valence electrons. The summed E-state index contributed by atoms with van der Waals surface area (Å²) in [4.78, 5) is 0.174. The third kappa shape index (κ3) is 5.79. The molecule has 1 atom stereocenters. The molecule has 6 nitrogen and oxygen atoms in total. The quantitative estimate of drug-likeness (QED) is 0.268. The number of hydrogen-bond donors (Lipinski definition) is 1. The summed E-state index contributed by atoms with van der Waals surface area (Å²) in [6.45, 7) is 1.91. The summed E-state index contributed by atoms with van der Waals surface area (Å²) in [5, 5.41) is 1.68. The van der Waals surface area contributed by atoms with E-state index in [1.807, 2.05) is 79.7 Å². The van der Waals surface area contributed by atoms with Gasteiger partial charge in [-0.25, -0.2) is 8.42 Å². The average Bonchev–Trinajstić information content (AvgIpc) is 2.96. The molecule has 0 radical (unpaired) electrons. The highest BCUT2D eigenvalue weighted by molar-refractivity contribution is 8.22. The van der Waals surface area contributed by atoms with Crippen LogP contribution in [0.2, 0.25) is 0 Å². The van der Waals surface area contributed by atoms with E-state index in [0.29, 0.717) is 17.2 Å². The van der Waals surface area contributed by atoms with Crippen molar-refractivity contribution in [3.05, 3.63) is 108 Å². The van der Waals surface area contributed by atoms with Crippen molar-refractivity contribution < 1.29 is 22.6 Å². The van der Waals surface area contributed by atoms with Crippen molar-refractivity contribution in [3.8, 4) is 17.2 Å². The first-order valence-electron chi connectivity index (χ1n) is 11.8. The molecule has 0 saturated heterocycles. The molecular formula is C29H30NO5PS2. The predicted molar refractivity (Wildman–Crippen MR) is 157 cm³/mol. The van der Waals surface area contributed by atoms with Gasteiger partial charge >= 0.3 is 0 Å². The molecule has 0 unspecified atom stereocenters. The number of hydrogen-bond acceptors (Lipinski definition) is 6. The molecule has 0 fully saturated rings. The largest absolute Gasteiger partial charge is 0.497 e. The second-order valence-electron chi connectivity index (χ2n) is 8.66. The lowest BCUT2D eigenvalue weighted by Crippen LogP contribution is -2.34. The number of benzene rings is 4. The fourth-order valence-electron chi connectivity index (χ4n) is 4.13. The Labute approximate surface area is 229 Å². The van der Waals surface area contributed by atoms with E-state index in [2.05, 4.69) is 4.72 Å². The lowest BCUT2D eigenvalue weighted by Gasteiger charge is -2.33. The third-order valence-electron chi connectivity index (χ3n) is 6.31. The highest BCUT2D eigenvalue weighted by Gasteiger charge is 2.37. The molecular weight excluding hydrogens is 537 g/mol. The van der Waals surface area contributed by atoms with Crippen molar-refractivity contribution in [2.24, 2.45) is 0 Å². The van der Waals surface area contributed by atoms with Crippen LogP contribution in [0.3, 0.4) is 0 Å². The molecule has 38 heavy (non-hydrogen) atoms. The van der Waals surface area contributed by atoms with Gasteiger partial charge in [-0.1, -0.05) is 41.6 Å². The fourth-order valence-corrected chi connectivity index (χ4v) is 10.3. The minimum atomic E-state index is -3.93. The van der Waals surface area contributed by atoms with Gasteiger partial charge in [-0.3, -0.25) is 0 Å². The van der Waals surface area contributed by atoms with Crippen molar-refractivity contribution in [2.75, 3.05) is 21.3 Å². The second-order valence-corrected chi connectivity index (χ2v) is 15.0. The third-order valence-corrected chi connectivity index (χ3v) is 13.1. The fraction of sp³-hybridized carbons (Fsp3) is 0.172. The number of rotatable bonds is 10. The molecule has 4 aromatic rings. The molecule has 0 aliphatic rings. The molecule has 4 rings (SSSR count). The van der Waals surface area contributed by atoms with E-state index in [0.717, 1.165) is 21.7 Å². The van der Waals surface area contributed by atoms with Crippen molar-refractivity contribution in [1.82, 2.24) is 4.72 Å². The Bertz CT molecular complexity index is 1470. The average molecular weight is 568 g/mol. The molecule has 0 aliphatic heterocycles. The van der Waals surface area contributed by atoms with Gasteiger partial charge in [0.15, 0.2) is 0 Å². The van der Waals surface area contributed by atoms with E-state index in [-0.39, 0.29) is 4.90 Å². The van der Waals surface area contributed by atoms with Gasteiger partial charge < -0.3 is 14.2 Å². The van der Waals surface area contributed by atoms with Crippen molar-refractivity contribution in [3.63, 3.8) is 0 Å². The van der Waals surface area contributed by atoms with Gasteiger partial charge in [0.25, 0.3) is 0 Å². The molecule has 9 heteroatoms. The van der Waals surface area contributed by atoms with Crippen molar-refractivity contribution >= 4 is 38.5 Å². The Kier molecular flexibility index (Phi) is 8.58. The summed E-state index contributed by atoms with van der Waals surface area (Å²) in [6, 6.07) is 26.3. The molecule has 4 aromatic carbocycles. The van der Waals surface area contributed by atoms with Gasteiger partial charge in [-0.05, 0) is 95.9 Å². The maximum atomic E-state index is 13.8. The molecule has 1 N–H and O–H groups in total. The normalized spacial score (nSPS) is 12.5. The van der Waals surface area contributed by atoms with Gasteiger partial charge in [0.2, 0.25) is 10.0 Å². The first-order chi connectivity index (χ1) is 18.2. The predicted octanol–water partition coefficient (Wildman–Crippen LogP) is 5.13. The van der Waals surface area contributed by atoms with E-state index in [4.69, 9.17) is 26.0 Å². The Morgan fingerprint density at radius 2 is 1.05 bits per heavy atom. The highest BCUT2D eigenvalue weighted by atomic mass is 32.4. The first-order valence-corrected chi connectivity index (χ1v) is 16.2. The van der Waals surface area contributed by atoms with Crippen molar-refractivity contribution in [1.29, 1.82) is 0 Å². The van der Waals surface area contributed by atoms with E-state index >= 15 is 0 Å². The standard InChI is InChI=1S/C29H30NO5PS2/c1-21-5-19-28(20-6-21)38(31,32)30-29(22-7-9-23(33-2)10-8-22)36(37,26-15-11-24(34-3)12-16-26)27-17-13-25(35-4)14-18-27/h5-20,29-30H,1-4H3/t29-/m0/s1. The Balaban J connectivity index is 1.95. The van der Waals surface area contributed by atoms with Crippen LogP contribution in [0.1, 0.15) is 16.9 Å². The SMILES string of the molecule is COc1ccc([C@@H](NS(=O)(=O)c2ccc(C)cc2)P(=S)(c2ccc(OC)cc2)c2ccc(OC)cc2)cc1. The van der Waals surface area contributed by atoms with Crippen LogP contribution >= 0.6 is 6.04 Å². The maximum absolute atomic E-state index is 13.8. The minimum Gasteiger partial charge on any atom is -0.497 e. The van der Waals surface area contributed by atoms with Crippen LogP contribution in [0.15, 0.2) is 102 Å². The summed E-state index contributed by atoms with van der Waals surface area (Å²) >= 11 is 6.57. The van der Waals surface area contributed by atoms with Crippen LogP contribution in [0.5, 0.6) is 17.2 Å². The van der Waals surface area contributed by atoms with Gasteiger partial charge in [0.1, 0.15) is 17.2 Å². The summed E-state index contributed by atoms with van der Waals surface area (Å²) in [7, 11) is 0.858. The maximum Gasteiger partial charge on any atom is 0.241 e. The van der Waals surface area contributed by atoms with Gasteiger partial charge in [0.05, 0.1) is 32.0 Å². The molecule has 0 aromatic heterocycles. The lowest BCUT2D eigenvalue weighted by molar-refractivity contribution is 0.414. The Morgan fingerprint density at radius 3 is 1.45 bits per heavy atom. The molecule has 0 bridgehead atoms. The molecule has 0 amide bonds. The van der Waals surface area contributed by atoms with E-state index in [9.17, 15) is 8.42 Å². The topological polar surface area (TPSA) is 73.9 Å². The Hall–Kier alpha value is -3.16. The monoisotopic (exact) mass is 567 g/mol. The number of sulfonamides is 1. The van der Waals surface area contributed by atoms with E-state index in [1.165, 1.54) is 0 Å². The summed E-state index contributed by atoms with van der Waals surface area (Å²) in [6.07, 6.45) is 0. The summed E-state index contributed by atoms with van der Waals surface area (Å²) in [5.74, 6) is 1.28. The van der Waals surface area contributed by atoms with Crippen LogP contribution in [-0.4, -0.2) is 29.7 Å². The van der Waals surface area contributed by atoms with Crippen LogP contribution in [-0.2, 0) is 21.8 Å². The number of nitrogens with one attached hydrogen (secondary N) is 1. The molecule has 0 saturated carbocycles. The zero-order valence-corrected chi connectivity index (χ0v) is 24.1. The molecule has 0 heterocycles. The van der Waals surface area contributed by atoms with Crippen LogP contribution in [0.4, 0.5) is 0 Å². The minimum absolute atomic E-state index is 0.174. The molecule has 0 aliphatic carbocycles. The second kappa shape index (κ2) is 11.7. The van der Waals surface area contributed by atoms with Gasteiger partial charge in [-0.15, -0.1) is 0 Å². The van der Waals surface area contributed by atoms with Crippen LogP contribution < -0.4 is 29.5 Å². The summed E-state index contributed by atoms with van der Waals surface area (Å²) in [5.41, 5.74) is 1.70. The number of aryl methyl sites for hydroxylation is 1. The van der Waals surface area contributed by atoms with E-state index < -0.39 is 21.8 Å². The highest BCUT2D eigenvalue weighted by Crippen LogP contribution is 2.57. The zero-order chi connectivity index (χ0) is 27.3. The van der Waals surface area contributed by atoms with Gasteiger partial charge in [-0.2, -0.15) is 4.72 Å². The first kappa shape index (κ1) is 27.9.